The van der Waals surface area contributed by atoms with Crippen LogP contribution in [-0.4, -0.2) is 38.9 Å². The van der Waals surface area contributed by atoms with Crippen LogP contribution >= 0.6 is 0 Å². The Bertz CT molecular complexity index is 759. The number of hydrogen-bond acceptors (Lipinski definition) is 5. The molecule has 0 aliphatic heterocycles. The third kappa shape index (κ3) is 8.14. The van der Waals surface area contributed by atoms with E-state index in [1.165, 1.54) is 0 Å². The maximum absolute atomic E-state index is 12.2. The largest absolute Gasteiger partial charge is 0.491 e. The molecule has 28 heavy (non-hydrogen) atoms. The number of amides is 1. The zero-order valence-electron chi connectivity index (χ0n) is 16.5. The van der Waals surface area contributed by atoms with Crippen molar-refractivity contribution in [2.75, 3.05) is 43.6 Å². The molecule has 0 saturated heterocycles. The van der Waals surface area contributed by atoms with Crippen LogP contribution in [0, 0.1) is 0 Å². The van der Waals surface area contributed by atoms with E-state index >= 15 is 0 Å². The number of carbonyl (C=O) groups is 1. The van der Waals surface area contributed by atoms with Crippen molar-refractivity contribution in [3.05, 3.63) is 60.7 Å². The lowest BCUT2D eigenvalue weighted by atomic mass is 10.3. The van der Waals surface area contributed by atoms with Crippen LogP contribution in [0.25, 0.3) is 0 Å². The van der Waals surface area contributed by atoms with Gasteiger partial charge in [-0.3, -0.25) is 4.79 Å². The first-order chi connectivity index (χ1) is 13.6. The maximum Gasteiger partial charge on any atom is 0.243 e. The van der Waals surface area contributed by atoms with Gasteiger partial charge < -0.3 is 24.8 Å². The van der Waals surface area contributed by atoms with E-state index in [9.17, 15) is 4.79 Å². The topological polar surface area (TPSA) is 68.8 Å². The van der Waals surface area contributed by atoms with Gasteiger partial charge in [0.05, 0.1) is 13.2 Å². The van der Waals surface area contributed by atoms with Crippen LogP contribution in [0.1, 0.15) is 13.8 Å². The first-order valence-corrected chi connectivity index (χ1v) is 9.28. The van der Waals surface area contributed by atoms with Crippen LogP contribution in [0.2, 0.25) is 0 Å². The normalized spacial score (nSPS) is 10.2. The number of benzene rings is 2. The Kier molecular flexibility index (Phi) is 8.88. The summed E-state index contributed by atoms with van der Waals surface area (Å²) in [6.45, 7) is 10.0. The molecule has 0 heterocycles. The van der Waals surface area contributed by atoms with Crippen molar-refractivity contribution in [3.8, 4) is 11.5 Å². The highest BCUT2D eigenvalue weighted by molar-refractivity contribution is 5.93. The molecule has 0 saturated carbocycles. The van der Waals surface area contributed by atoms with Crippen LogP contribution in [0.15, 0.2) is 60.7 Å². The molecule has 2 N–H and O–H groups in total. The quantitative estimate of drug-likeness (QED) is 0.426. The standard InChI is InChI=1S/C22H28N2O4/c1-4-26-12-13-27-20-10-8-18(9-11-20)23-15-22(25)24-19-6-5-7-21(14-19)28-16-17(2)3/h5-11,14,23H,2,4,12-13,15-16H2,1,3H3,(H,24,25). The highest BCUT2D eigenvalue weighted by Gasteiger charge is 2.04. The Morgan fingerprint density at radius 1 is 1.00 bits per heavy atom. The molecule has 0 aliphatic carbocycles. The van der Waals surface area contributed by atoms with Gasteiger partial charge >= 0.3 is 0 Å². The molecule has 0 fully saturated rings. The van der Waals surface area contributed by atoms with Gasteiger partial charge in [0.2, 0.25) is 5.91 Å². The minimum Gasteiger partial charge on any atom is -0.491 e. The van der Waals surface area contributed by atoms with E-state index in [-0.39, 0.29) is 12.5 Å². The van der Waals surface area contributed by atoms with Crippen molar-refractivity contribution in [3.63, 3.8) is 0 Å². The molecule has 2 aromatic rings. The van der Waals surface area contributed by atoms with E-state index in [2.05, 4.69) is 17.2 Å². The van der Waals surface area contributed by atoms with Gasteiger partial charge in [-0.2, -0.15) is 0 Å². The summed E-state index contributed by atoms with van der Waals surface area (Å²) >= 11 is 0. The fourth-order valence-electron chi connectivity index (χ4n) is 2.29. The third-order valence-electron chi connectivity index (χ3n) is 3.61. The molecule has 6 heteroatoms. The second kappa shape index (κ2) is 11.7. The Labute approximate surface area is 166 Å². The summed E-state index contributed by atoms with van der Waals surface area (Å²) < 4.78 is 16.4. The number of anilines is 2. The Morgan fingerprint density at radius 3 is 2.50 bits per heavy atom. The van der Waals surface area contributed by atoms with Crippen LogP contribution in [0.4, 0.5) is 11.4 Å². The first kappa shape index (κ1) is 21.3. The summed E-state index contributed by atoms with van der Waals surface area (Å²) in [6, 6.07) is 14.7. The van der Waals surface area contributed by atoms with Crippen LogP contribution in [0.5, 0.6) is 11.5 Å². The summed E-state index contributed by atoms with van der Waals surface area (Å²) in [5.41, 5.74) is 2.46. The molecule has 0 bridgehead atoms. The van der Waals surface area contributed by atoms with E-state index in [1.54, 1.807) is 6.07 Å². The summed E-state index contributed by atoms with van der Waals surface area (Å²) in [4.78, 5) is 12.2. The first-order valence-electron chi connectivity index (χ1n) is 9.28. The average molecular weight is 384 g/mol. The summed E-state index contributed by atoms with van der Waals surface area (Å²) in [5.74, 6) is 1.31. The van der Waals surface area contributed by atoms with Crippen LogP contribution in [-0.2, 0) is 9.53 Å². The predicted molar refractivity (Wildman–Crippen MR) is 112 cm³/mol. The van der Waals surface area contributed by atoms with Gasteiger partial charge in [-0.05, 0) is 55.8 Å². The van der Waals surface area contributed by atoms with Gasteiger partial charge in [0, 0.05) is 24.0 Å². The summed E-state index contributed by atoms with van der Waals surface area (Å²) in [7, 11) is 0. The molecule has 0 unspecified atom stereocenters. The second-order valence-electron chi connectivity index (χ2n) is 6.25. The lowest BCUT2D eigenvalue weighted by molar-refractivity contribution is -0.114. The van der Waals surface area contributed by atoms with Gasteiger partial charge in [-0.15, -0.1) is 0 Å². The number of carbonyl (C=O) groups excluding carboxylic acids is 1. The van der Waals surface area contributed by atoms with E-state index in [4.69, 9.17) is 14.2 Å². The van der Waals surface area contributed by atoms with Gasteiger partial charge in [0.15, 0.2) is 0 Å². The smallest absolute Gasteiger partial charge is 0.243 e. The van der Waals surface area contributed by atoms with Crippen molar-refractivity contribution < 1.29 is 19.0 Å². The van der Waals surface area contributed by atoms with Crippen molar-refractivity contribution in [2.45, 2.75) is 13.8 Å². The minimum atomic E-state index is -0.144. The third-order valence-corrected chi connectivity index (χ3v) is 3.61. The maximum atomic E-state index is 12.2. The fraction of sp³-hybridized carbons (Fsp3) is 0.318. The van der Waals surface area contributed by atoms with Crippen molar-refractivity contribution in [2.24, 2.45) is 0 Å². The zero-order valence-corrected chi connectivity index (χ0v) is 16.5. The van der Waals surface area contributed by atoms with Gasteiger partial charge in [-0.1, -0.05) is 12.6 Å². The number of ether oxygens (including phenoxy) is 3. The van der Waals surface area contributed by atoms with E-state index in [0.717, 1.165) is 17.0 Å². The summed E-state index contributed by atoms with van der Waals surface area (Å²) in [5, 5.41) is 5.94. The SMILES string of the molecule is C=C(C)COc1cccc(NC(=O)CNc2ccc(OCCOCC)cc2)c1. The second-order valence-corrected chi connectivity index (χ2v) is 6.25. The van der Waals surface area contributed by atoms with Crippen LogP contribution in [0.3, 0.4) is 0 Å². The van der Waals surface area contributed by atoms with Gasteiger partial charge in [0.25, 0.3) is 0 Å². The number of nitrogens with one attached hydrogen (secondary N) is 2. The summed E-state index contributed by atoms with van der Waals surface area (Å²) in [6.07, 6.45) is 0. The Morgan fingerprint density at radius 2 is 1.79 bits per heavy atom. The molecular formula is C22H28N2O4. The minimum absolute atomic E-state index is 0.144. The molecular weight excluding hydrogens is 356 g/mol. The monoisotopic (exact) mass is 384 g/mol. The Balaban J connectivity index is 1.76. The van der Waals surface area contributed by atoms with E-state index in [1.807, 2.05) is 56.3 Å². The molecule has 0 aliphatic rings. The van der Waals surface area contributed by atoms with E-state index < -0.39 is 0 Å². The molecule has 6 nitrogen and oxygen atoms in total. The Hall–Kier alpha value is -2.99. The molecule has 0 radical (unpaired) electrons. The predicted octanol–water partition coefficient (Wildman–Crippen LogP) is 4.11. The van der Waals surface area contributed by atoms with Gasteiger partial charge in [0.1, 0.15) is 24.7 Å². The molecule has 0 spiro atoms. The molecule has 2 rings (SSSR count). The lowest BCUT2D eigenvalue weighted by Crippen LogP contribution is -2.21. The number of hydrogen-bond donors (Lipinski definition) is 2. The molecule has 150 valence electrons. The number of rotatable bonds is 12. The molecule has 0 atom stereocenters. The average Bonchev–Trinajstić information content (AvgIpc) is 2.69. The fourth-order valence-corrected chi connectivity index (χ4v) is 2.29. The molecule has 1 amide bonds. The highest BCUT2D eigenvalue weighted by atomic mass is 16.5. The van der Waals surface area contributed by atoms with Crippen LogP contribution < -0.4 is 20.1 Å². The molecule has 0 aromatic heterocycles. The van der Waals surface area contributed by atoms with E-state index in [0.29, 0.717) is 37.9 Å². The molecule has 2 aromatic carbocycles. The highest BCUT2D eigenvalue weighted by Crippen LogP contribution is 2.18. The van der Waals surface area contributed by atoms with Crippen molar-refractivity contribution >= 4 is 17.3 Å². The van der Waals surface area contributed by atoms with Crippen molar-refractivity contribution in [1.82, 2.24) is 0 Å². The van der Waals surface area contributed by atoms with Gasteiger partial charge in [-0.25, -0.2) is 0 Å². The van der Waals surface area contributed by atoms with Crippen molar-refractivity contribution in [1.29, 1.82) is 0 Å². The zero-order chi connectivity index (χ0) is 20.2. The lowest BCUT2D eigenvalue weighted by Gasteiger charge is -2.11.